The summed E-state index contributed by atoms with van der Waals surface area (Å²) in [7, 11) is 1.55. The number of anilines is 1. The van der Waals surface area contributed by atoms with E-state index in [1.54, 1.807) is 17.9 Å². The van der Waals surface area contributed by atoms with Gasteiger partial charge in [-0.05, 0) is 25.5 Å². The van der Waals surface area contributed by atoms with Crippen molar-refractivity contribution in [2.45, 2.75) is 31.9 Å². The molecule has 0 spiro atoms. The van der Waals surface area contributed by atoms with Crippen LogP contribution in [-0.2, 0) is 0 Å². The van der Waals surface area contributed by atoms with Crippen LogP contribution in [0, 0.1) is 6.92 Å². The quantitative estimate of drug-likeness (QED) is 0.417. The Morgan fingerprint density at radius 3 is 2.70 bits per heavy atom. The predicted molar refractivity (Wildman–Crippen MR) is 121 cm³/mol. The molecule has 1 fully saturated rings. The summed E-state index contributed by atoms with van der Waals surface area (Å²) >= 11 is 6.59. The number of fused-ring (bicyclic) bond motifs is 1. The molecule has 176 valence electrons. The Bertz CT molecular complexity index is 1230. The van der Waals surface area contributed by atoms with Gasteiger partial charge in [0.2, 0.25) is 0 Å². The first-order valence-corrected chi connectivity index (χ1v) is 10.7. The molecule has 0 saturated carbocycles. The van der Waals surface area contributed by atoms with Gasteiger partial charge in [0.25, 0.3) is 0 Å². The number of nitrogen functional groups attached to an aromatic ring is 1. The lowest BCUT2D eigenvalue weighted by molar-refractivity contribution is 0.0926. The lowest BCUT2D eigenvalue weighted by Gasteiger charge is -2.39. The van der Waals surface area contributed by atoms with Crippen molar-refractivity contribution in [3.8, 4) is 5.75 Å². The molecule has 2 atom stereocenters. The number of nitrogens with two attached hydrogens (primary N) is 1. The van der Waals surface area contributed by atoms with Gasteiger partial charge in [0.15, 0.2) is 5.65 Å². The van der Waals surface area contributed by atoms with E-state index in [0.29, 0.717) is 40.5 Å². The molecule has 3 aromatic rings. The highest BCUT2D eigenvalue weighted by Crippen LogP contribution is 2.44. The van der Waals surface area contributed by atoms with E-state index >= 15 is 0 Å². The summed E-state index contributed by atoms with van der Waals surface area (Å²) < 4.78 is 7.39. The zero-order valence-corrected chi connectivity index (χ0v) is 19.1. The molecule has 1 amide bonds. The average Bonchev–Trinajstić information content (AvgIpc) is 3.15. The molecule has 1 saturated heterocycles. The molecule has 1 aromatic carbocycles. The molecule has 4 rings (SSSR count). The second kappa shape index (κ2) is 8.65. The van der Waals surface area contributed by atoms with Crippen LogP contribution in [0.1, 0.15) is 47.4 Å². The van der Waals surface area contributed by atoms with Crippen LogP contribution in [-0.4, -0.2) is 72.9 Å². The van der Waals surface area contributed by atoms with Gasteiger partial charge in [0, 0.05) is 35.2 Å². The standard InChI is InChI=1S/C21H25ClN6O5/c1-9-13(22)4-12(18(33-3)15(9)11-5-27(6-11)21(31)32)10(2)28-20-16(19(23)24-8-25-20)17(26-28)14(30)7-29/h4,8,10-11,14,29-30H,5-7H2,1-3H3,(H,31,32)(H2,23,24,25). The molecule has 5 N–H and O–H groups in total. The third-order valence-corrected chi connectivity index (χ3v) is 6.56. The number of rotatable bonds is 6. The predicted octanol–water partition coefficient (Wildman–Crippen LogP) is 2.09. The third kappa shape index (κ3) is 3.71. The van der Waals surface area contributed by atoms with Gasteiger partial charge in [0.1, 0.15) is 29.7 Å². The Balaban J connectivity index is 1.86. The van der Waals surface area contributed by atoms with Gasteiger partial charge in [-0.25, -0.2) is 19.4 Å². The van der Waals surface area contributed by atoms with E-state index in [-0.39, 0.29) is 17.4 Å². The topological polar surface area (TPSA) is 160 Å². The first kappa shape index (κ1) is 23.0. The number of ether oxygens (including phenoxy) is 1. The van der Waals surface area contributed by atoms with Crippen LogP contribution in [0.25, 0.3) is 11.0 Å². The fourth-order valence-corrected chi connectivity index (χ4v) is 4.57. The van der Waals surface area contributed by atoms with Gasteiger partial charge in [0.05, 0.1) is 25.1 Å². The normalized spacial score (nSPS) is 16.0. The van der Waals surface area contributed by atoms with Gasteiger partial charge in [-0.3, -0.25) is 0 Å². The number of carbonyl (C=O) groups is 1. The third-order valence-electron chi connectivity index (χ3n) is 6.17. The van der Waals surface area contributed by atoms with Crippen molar-refractivity contribution in [3.05, 3.63) is 39.8 Å². The Kier molecular flexibility index (Phi) is 6.04. The smallest absolute Gasteiger partial charge is 0.407 e. The Labute approximate surface area is 194 Å². The molecular formula is C21H25ClN6O5. The molecule has 2 unspecified atom stereocenters. The number of aliphatic hydroxyl groups excluding tert-OH is 2. The van der Waals surface area contributed by atoms with E-state index in [9.17, 15) is 20.1 Å². The molecule has 3 heterocycles. The first-order valence-electron chi connectivity index (χ1n) is 10.3. The second-order valence-corrected chi connectivity index (χ2v) is 8.47. The summed E-state index contributed by atoms with van der Waals surface area (Å²) in [6.07, 6.45) is -0.920. The van der Waals surface area contributed by atoms with Crippen LogP contribution >= 0.6 is 11.6 Å². The van der Waals surface area contributed by atoms with Gasteiger partial charge >= 0.3 is 6.09 Å². The highest BCUT2D eigenvalue weighted by Gasteiger charge is 2.36. The minimum absolute atomic E-state index is 0.0557. The van der Waals surface area contributed by atoms with Crippen molar-refractivity contribution in [2.24, 2.45) is 0 Å². The number of benzene rings is 1. The fraction of sp³-hybridized carbons (Fsp3) is 0.429. The van der Waals surface area contributed by atoms with Gasteiger partial charge in [-0.1, -0.05) is 11.6 Å². The van der Waals surface area contributed by atoms with E-state index in [4.69, 9.17) is 22.1 Å². The highest BCUT2D eigenvalue weighted by molar-refractivity contribution is 6.31. The maximum Gasteiger partial charge on any atom is 0.407 e. The summed E-state index contributed by atoms with van der Waals surface area (Å²) in [5.74, 6) is 0.674. The van der Waals surface area contributed by atoms with E-state index in [2.05, 4.69) is 15.1 Å². The molecule has 2 aromatic heterocycles. The molecule has 11 nitrogen and oxygen atoms in total. The van der Waals surface area contributed by atoms with Gasteiger partial charge < -0.3 is 30.7 Å². The SMILES string of the molecule is COc1c(C(C)n2nc(C(O)CO)c3c(N)ncnc32)cc(Cl)c(C)c1C1CN(C(=O)O)C1. The van der Waals surface area contributed by atoms with Crippen molar-refractivity contribution >= 4 is 34.5 Å². The van der Waals surface area contributed by atoms with Crippen molar-refractivity contribution in [1.82, 2.24) is 24.6 Å². The molecule has 33 heavy (non-hydrogen) atoms. The first-order chi connectivity index (χ1) is 15.7. The average molecular weight is 477 g/mol. The molecule has 0 radical (unpaired) electrons. The molecule has 1 aliphatic heterocycles. The summed E-state index contributed by atoms with van der Waals surface area (Å²) in [6, 6.07) is 1.33. The molecule has 12 heteroatoms. The summed E-state index contributed by atoms with van der Waals surface area (Å²) in [5, 5.41) is 34.4. The lowest BCUT2D eigenvalue weighted by atomic mass is 9.85. The Morgan fingerprint density at radius 1 is 1.39 bits per heavy atom. The van der Waals surface area contributed by atoms with Crippen LogP contribution in [0.3, 0.4) is 0 Å². The largest absolute Gasteiger partial charge is 0.496 e. The summed E-state index contributed by atoms with van der Waals surface area (Å²) in [4.78, 5) is 20.9. The van der Waals surface area contributed by atoms with Gasteiger partial charge in [-0.2, -0.15) is 5.10 Å². The maximum absolute atomic E-state index is 11.3. The van der Waals surface area contributed by atoms with E-state index in [1.807, 2.05) is 13.8 Å². The van der Waals surface area contributed by atoms with E-state index < -0.39 is 24.8 Å². The number of likely N-dealkylation sites (tertiary alicyclic amines) is 1. The van der Waals surface area contributed by atoms with Crippen LogP contribution < -0.4 is 10.5 Å². The van der Waals surface area contributed by atoms with Crippen molar-refractivity contribution in [1.29, 1.82) is 0 Å². The molecule has 1 aliphatic rings. The molecule has 0 bridgehead atoms. The summed E-state index contributed by atoms with van der Waals surface area (Å²) in [6.45, 7) is 3.91. The van der Waals surface area contributed by atoms with Crippen LogP contribution in [0.15, 0.2) is 12.4 Å². The van der Waals surface area contributed by atoms with E-state index in [1.165, 1.54) is 11.2 Å². The number of methoxy groups -OCH3 is 1. The van der Waals surface area contributed by atoms with Crippen LogP contribution in [0.5, 0.6) is 5.75 Å². The number of carboxylic acid groups (broad SMARTS) is 1. The Hall–Kier alpha value is -3.15. The monoisotopic (exact) mass is 476 g/mol. The number of amides is 1. The second-order valence-electron chi connectivity index (χ2n) is 8.07. The van der Waals surface area contributed by atoms with Crippen molar-refractivity contribution < 1.29 is 24.9 Å². The highest BCUT2D eigenvalue weighted by atomic mass is 35.5. The van der Waals surface area contributed by atoms with Crippen molar-refractivity contribution in [2.75, 3.05) is 32.5 Å². The lowest BCUT2D eigenvalue weighted by Crippen LogP contribution is -2.48. The number of nitrogens with zero attached hydrogens (tertiary/aromatic N) is 5. The van der Waals surface area contributed by atoms with E-state index in [0.717, 1.165) is 11.1 Å². The summed E-state index contributed by atoms with van der Waals surface area (Å²) in [5.41, 5.74) is 8.98. The number of aromatic nitrogens is 4. The van der Waals surface area contributed by atoms with Crippen LogP contribution in [0.2, 0.25) is 5.02 Å². The zero-order valence-electron chi connectivity index (χ0n) is 18.4. The zero-order chi connectivity index (χ0) is 24.0. The van der Waals surface area contributed by atoms with Crippen molar-refractivity contribution in [3.63, 3.8) is 0 Å². The number of hydrogen-bond donors (Lipinski definition) is 4. The minimum Gasteiger partial charge on any atom is -0.496 e. The fourth-order valence-electron chi connectivity index (χ4n) is 4.36. The Morgan fingerprint density at radius 2 is 2.09 bits per heavy atom. The maximum atomic E-state index is 11.3. The number of aliphatic hydroxyl groups is 2. The van der Waals surface area contributed by atoms with Crippen LogP contribution in [0.4, 0.5) is 10.6 Å². The molecular weight excluding hydrogens is 452 g/mol. The minimum atomic E-state index is -1.26. The number of hydrogen-bond acceptors (Lipinski definition) is 8. The van der Waals surface area contributed by atoms with Gasteiger partial charge in [-0.15, -0.1) is 0 Å². The molecule has 0 aliphatic carbocycles. The number of halogens is 1.